The first-order chi connectivity index (χ1) is 14.1. The number of aromatic nitrogens is 2. The van der Waals surface area contributed by atoms with Gasteiger partial charge in [-0.1, -0.05) is 12.1 Å². The molecule has 2 heterocycles. The molecule has 3 aromatic rings. The molecule has 8 heteroatoms. The Hall–Kier alpha value is -3.55. The van der Waals surface area contributed by atoms with Crippen LogP contribution in [-0.2, 0) is 4.79 Å². The first-order valence-corrected chi connectivity index (χ1v) is 8.99. The van der Waals surface area contributed by atoms with Gasteiger partial charge in [-0.3, -0.25) is 9.36 Å². The Morgan fingerprint density at radius 2 is 1.79 bits per heavy atom. The third kappa shape index (κ3) is 3.16. The second-order valence-electron chi connectivity index (χ2n) is 6.56. The van der Waals surface area contributed by atoms with E-state index >= 15 is 0 Å². The minimum absolute atomic E-state index is 0.186. The van der Waals surface area contributed by atoms with Gasteiger partial charge in [-0.15, -0.1) is 0 Å². The van der Waals surface area contributed by atoms with Crippen molar-refractivity contribution in [1.82, 2.24) is 9.55 Å². The molecule has 1 amide bonds. The maximum Gasteiger partial charge on any atom is 0.226 e. The summed E-state index contributed by atoms with van der Waals surface area (Å²) in [7, 11) is 4.60. The first kappa shape index (κ1) is 18.8. The van der Waals surface area contributed by atoms with Crippen molar-refractivity contribution in [3.8, 4) is 22.9 Å². The maximum atomic E-state index is 14.3. The van der Waals surface area contributed by atoms with E-state index in [1.807, 2.05) is 0 Å². The van der Waals surface area contributed by atoms with E-state index in [1.54, 1.807) is 34.9 Å². The van der Waals surface area contributed by atoms with Crippen LogP contribution in [0.2, 0.25) is 0 Å². The average Bonchev–Trinajstić information content (AvgIpc) is 3.15. The summed E-state index contributed by atoms with van der Waals surface area (Å²) in [5.74, 6) is 0.957. The summed E-state index contributed by atoms with van der Waals surface area (Å²) in [6.45, 7) is 0. The van der Waals surface area contributed by atoms with E-state index < -0.39 is 5.82 Å². The number of hydrogen-bond donors (Lipinski definition) is 1. The van der Waals surface area contributed by atoms with Gasteiger partial charge in [0.25, 0.3) is 0 Å². The summed E-state index contributed by atoms with van der Waals surface area (Å²) in [4.78, 5) is 17.0. The standard InChI is InChI=1S/C21H20FN3O4/c1-27-16-8-12(9-17(28-2)20(16)29-3)13-10-18(26)24-21-19(13)23-11-25(21)15-7-5-4-6-14(15)22/h4-9,11,13H,10H2,1-3H3,(H,24,26). The number of ether oxygens (including phenoxy) is 3. The van der Waals surface area contributed by atoms with Crippen LogP contribution in [0.4, 0.5) is 10.2 Å². The number of carbonyl (C=O) groups excluding carboxylic acids is 1. The summed E-state index contributed by atoms with van der Waals surface area (Å²) in [5.41, 5.74) is 1.74. The van der Waals surface area contributed by atoms with Gasteiger partial charge in [0, 0.05) is 12.3 Å². The van der Waals surface area contributed by atoms with Gasteiger partial charge < -0.3 is 19.5 Å². The van der Waals surface area contributed by atoms with Crippen molar-refractivity contribution in [1.29, 1.82) is 0 Å². The molecule has 0 saturated heterocycles. The summed E-state index contributed by atoms with van der Waals surface area (Å²) in [6, 6.07) is 9.94. The number of imidazole rings is 1. The average molecular weight is 397 g/mol. The molecule has 4 rings (SSSR count). The van der Waals surface area contributed by atoms with Crippen molar-refractivity contribution in [2.75, 3.05) is 26.6 Å². The van der Waals surface area contributed by atoms with Crippen LogP contribution >= 0.6 is 0 Å². The highest BCUT2D eigenvalue weighted by molar-refractivity contribution is 5.94. The van der Waals surface area contributed by atoms with Gasteiger partial charge in [0.15, 0.2) is 11.5 Å². The minimum Gasteiger partial charge on any atom is -0.493 e. The number of hydrogen-bond acceptors (Lipinski definition) is 5. The smallest absolute Gasteiger partial charge is 0.226 e. The molecule has 1 atom stereocenters. The molecular weight excluding hydrogens is 377 g/mol. The molecule has 0 radical (unpaired) electrons. The summed E-state index contributed by atoms with van der Waals surface area (Å²) < 4.78 is 32.1. The lowest BCUT2D eigenvalue weighted by molar-refractivity contribution is -0.116. The normalized spacial score (nSPS) is 15.4. The number of benzene rings is 2. The zero-order valence-corrected chi connectivity index (χ0v) is 16.2. The van der Waals surface area contributed by atoms with Crippen molar-refractivity contribution >= 4 is 11.7 Å². The number of amides is 1. The molecule has 1 aliphatic rings. The number of carbonyl (C=O) groups is 1. The molecule has 1 N–H and O–H groups in total. The SMILES string of the molecule is COc1cc(C2CC(=O)Nc3c2ncn3-c2ccccc2F)cc(OC)c1OC. The monoisotopic (exact) mass is 397 g/mol. The molecular formula is C21H20FN3O4. The summed E-state index contributed by atoms with van der Waals surface area (Å²) in [5, 5.41) is 2.82. The van der Waals surface area contributed by atoms with Crippen molar-refractivity contribution < 1.29 is 23.4 Å². The van der Waals surface area contributed by atoms with Gasteiger partial charge >= 0.3 is 0 Å². The molecule has 1 unspecified atom stereocenters. The van der Waals surface area contributed by atoms with Gasteiger partial charge in [0.1, 0.15) is 18.0 Å². The molecule has 0 saturated carbocycles. The molecule has 0 bridgehead atoms. The number of para-hydroxylation sites is 1. The second kappa shape index (κ2) is 7.46. The van der Waals surface area contributed by atoms with Crippen LogP contribution in [0.1, 0.15) is 23.6 Å². The first-order valence-electron chi connectivity index (χ1n) is 8.99. The molecule has 7 nitrogen and oxygen atoms in total. The van der Waals surface area contributed by atoms with Gasteiger partial charge in [-0.05, 0) is 29.8 Å². The van der Waals surface area contributed by atoms with Crippen LogP contribution in [0.25, 0.3) is 5.69 Å². The lowest BCUT2D eigenvalue weighted by Gasteiger charge is -2.24. The van der Waals surface area contributed by atoms with E-state index in [0.717, 1.165) is 5.56 Å². The van der Waals surface area contributed by atoms with Crippen LogP contribution in [0.5, 0.6) is 17.2 Å². The fourth-order valence-electron chi connectivity index (χ4n) is 3.61. The van der Waals surface area contributed by atoms with Gasteiger partial charge in [-0.2, -0.15) is 0 Å². The lowest BCUT2D eigenvalue weighted by Crippen LogP contribution is -2.25. The highest BCUT2D eigenvalue weighted by Gasteiger charge is 2.32. The Bertz CT molecular complexity index is 1050. The van der Waals surface area contributed by atoms with Crippen molar-refractivity contribution in [3.63, 3.8) is 0 Å². The van der Waals surface area contributed by atoms with Crippen LogP contribution in [-0.4, -0.2) is 36.8 Å². The van der Waals surface area contributed by atoms with Crippen LogP contribution in [0, 0.1) is 5.82 Å². The van der Waals surface area contributed by atoms with E-state index in [-0.39, 0.29) is 18.2 Å². The number of halogens is 1. The largest absolute Gasteiger partial charge is 0.493 e. The Kier molecular flexibility index (Phi) is 4.84. The molecule has 0 spiro atoms. The Balaban J connectivity index is 1.85. The highest BCUT2D eigenvalue weighted by atomic mass is 19.1. The topological polar surface area (TPSA) is 74.6 Å². The number of fused-ring (bicyclic) bond motifs is 1. The van der Waals surface area contributed by atoms with Crippen LogP contribution in [0.3, 0.4) is 0 Å². The maximum absolute atomic E-state index is 14.3. The third-order valence-corrected chi connectivity index (χ3v) is 4.97. The predicted molar refractivity (Wildman–Crippen MR) is 105 cm³/mol. The number of rotatable bonds is 5. The van der Waals surface area contributed by atoms with Crippen molar-refractivity contribution in [2.45, 2.75) is 12.3 Å². The zero-order chi connectivity index (χ0) is 20.5. The van der Waals surface area contributed by atoms with E-state index in [2.05, 4.69) is 10.3 Å². The van der Waals surface area contributed by atoms with Crippen LogP contribution in [0.15, 0.2) is 42.7 Å². The van der Waals surface area contributed by atoms with E-state index in [4.69, 9.17) is 14.2 Å². The number of nitrogens with zero attached hydrogens (tertiary/aromatic N) is 2. The fourth-order valence-corrected chi connectivity index (χ4v) is 3.61. The predicted octanol–water partition coefficient (Wildman–Crippen LogP) is 3.51. The number of anilines is 1. The number of nitrogens with one attached hydrogen (secondary N) is 1. The molecule has 0 fully saturated rings. The molecule has 1 aromatic heterocycles. The quantitative estimate of drug-likeness (QED) is 0.713. The number of methoxy groups -OCH3 is 3. The van der Waals surface area contributed by atoms with Gasteiger partial charge in [0.2, 0.25) is 11.7 Å². The lowest BCUT2D eigenvalue weighted by atomic mass is 9.89. The van der Waals surface area contributed by atoms with E-state index in [1.165, 1.54) is 33.7 Å². The Morgan fingerprint density at radius 3 is 2.41 bits per heavy atom. The minimum atomic E-state index is -0.406. The highest BCUT2D eigenvalue weighted by Crippen LogP contribution is 2.44. The zero-order valence-electron chi connectivity index (χ0n) is 16.2. The van der Waals surface area contributed by atoms with Gasteiger partial charge in [-0.25, -0.2) is 9.37 Å². The molecule has 2 aromatic carbocycles. The molecule has 29 heavy (non-hydrogen) atoms. The van der Waals surface area contributed by atoms with E-state index in [9.17, 15) is 9.18 Å². The molecule has 1 aliphatic heterocycles. The molecule has 0 aliphatic carbocycles. The Labute approximate surface area is 167 Å². The Morgan fingerprint density at radius 1 is 1.10 bits per heavy atom. The van der Waals surface area contributed by atoms with Crippen molar-refractivity contribution in [3.05, 3.63) is 59.8 Å². The summed E-state index contributed by atoms with van der Waals surface area (Å²) >= 11 is 0. The van der Waals surface area contributed by atoms with E-state index in [0.29, 0.717) is 34.4 Å². The van der Waals surface area contributed by atoms with Crippen LogP contribution < -0.4 is 19.5 Å². The third-order valence-electron chi connectivity index (χ3n) is 4.97. The fraction of sp³-hybridized carbons (Fsp3) is 0.238. The van der Waals surface area contributed by atoms with Gasteiger partial charge in [0.05, 0.1) is 32.7 Å². The second-order valence-corrected chi connectivity index (χ2v) is 6.56. The van der Waals surface area contributed by atoms with Crippen molar-refractivity contribution in [2.24, 2.45) is 0 Å². The molecule has 150 valence electrons. The summed E-state index contributed by atoms with van der Waals surface area (Å²) in [6.07, 6.45) is 1.71.